The molecule has 0 aliphatic rings. The van der Waals surface area contributed by atoms with Crippen molar-refractivity contribution in [2.75, 3.05) is 6.61 Å². The van der Waals surface area contributed by atoms with Crippen LogP contribution in [-0.4, -0.2) is 22.8 Å². The molecule has 0 radical (unpaired) electrons. The van der Waals surface area contributed by atoms with E-state index >= 15 is 0 Å². The summed E-state index contributed by atoms with van der Waals surface area (Å²) < 4.78 is 5.17. The van der Waals surface area contributed by atoms with Crippen molar-refractivity contribution in [2.45, 2.75) is 39.5 Å². The maximum atomic E-state index is 12.3. The van der Waals surface area contributed by atoms with Crippen LogP contribution in [0.3, 0.4) is 0 Å². The monoisotopic (exact) mass is 387 g/mol. The van der Waals surface area contributed by atoms with Gasteiger partial charge in [0.15, 0.2) is 5.69 Å². The van der Waals surface area contributed by atoms with E-state index < -0.39 is 5.97 Å². The van der Waals surface area contributed by atoms with Gasteiger partial charge in [0, 0.05) is 17.7 Å². The minimum absolute atomic E-state index is 0.305. The number of rotatable bonds is 8. The number of carbonyl (C=O) groups excluding carboxylic acids is 1. The first kappa shape index (κ1) is 20.3. The first-order valence-electron chi connectivity index (χ1n) is 9.99. The summed E-state index contributed by atoms with van der Waals surface area (Å²) in [6.45, 7) is 4.22. The SMILES string of the molecule is CCCCc1[nH]nc(C(=O)OCC)c1Cc1ccc(-c2ccccc2)c(C#N)c1. The van der Waals surface area contributed by atoms with Crippen LogP contribution < -0.4 is 0 Å². The number of nitriles is 1. The largest absolute Gasteiger partial charge is 0.461 e. The number of ether oxygens (including phenoxy) is 1. The van der Waals surface area contributed by atoms with Gasteiger partial charge in [-0.3, -0.25) is 5.10 Å². The van der Waals surface area contributed by atoms with Gasteiger partial charge in [0.1, 0.15) is 0 Å². The second-order valence-corrected chi connectivity index (χ2v) is 6.89. The summed E-state index contributed by atoms with van der Waals surface area (Å²) in [5.74, 6) is -0.414. The standard InChI is InChI=1S/C24H25N3O2/c1-3-5-11-22-21(23(27-26-22)24(28)29-4-2)15-17-12-13-20(19(14-17)16-25)18-9-7-6-8-10-18/h6-10,12-14H,3-5,11,15H2,1-2H3,(H,26,27). The molecule has 29 heavy (non-hydrogen) atoms. The highest BCUT2D eigenvalue weighted by Crippen LogP contribution is 2.26. The third kappa shape index (κ3) is 4.72. The van der Waals surface area contributed by atoms with Crippen molar-refractivity contribution in [3.8, 4) is 17.2 Å². The lowest BCUT2D eigenvalue weighted by Crippen LogP contribution is -2.09. The van der Waals surface area contributed by atoms with E-state index in [1.54, 1.807) is 6.92 Å². The molecule has 2 aromatic carbocycles. The van der Waals surface area contributed by atoms with Crippen LogP contribution in [0.25, 0.3) is 11.1 Å². The van der Waals surface area contributed by atoms with Gasteiger partial charge in [-0.15, -0.1) is 0 Å². The number of nitrogens with one attached hydrogen (secondary N) is 1. The third-order valence-electron chi connectivity index (χ3n) is 4.87. The lowest BCUT2D eigenvalue weighted by Gasteiger charge is -2.09. The quantitative estimate of drug-likeness (QED) is 0.548. The number of aromatic nitrogens is 2. The average Bonchev–Trinajstić information content (AvgIpc) is 3.15. The highest BCUT2D eigenvalue weighted by atomic mass is 16.5. The van der Waals surface area contributed by atoms with Crippen molar-refractivity contribution in [3.05, 3.63) is 76.6 Å². The summed E-state index contributed by atoms with van der Waals surface area (Å²) in [4.78, 5) is 12.3. The Morgan fingerprint density at radius 2 is 1.97 bits per heavy atom. The van der Waals surface area contributed by atoms with Crippen LogP contribution in [0.5, 0.6) is 0 Å². The maximum absolute atomic E-state index is 12.3. The highest BCUT2D eigenvalue weighted by molar-refractivity contribution is 5.89. The van der Waals surface area contributed by atoms with Crippen molar-refractivity contribution in [1.29, 1.82) is 5.26 Å². The van der Waals surface area contributed by atoms with E-state index in [0.29, 0.717) is 24.3 Å². The molecule has 1 heterocycles. The molecule has 0 saturated carbocycles. The van der Waals surface area contributed by atoms with Gasteiger partial charge in [0.2, 0.25) is 0 Å². The average molecular weight is 387 g/mol. The fourth-order valence-corrected chi connectivity index (χ4v) is 3.39. The molecule has 148 valence electrons. The Hall–Kier alpha value is -3.39. The first-order chi connectivity index (χ1) is 14.2. The highest BCUT2D eigenvalue weighted by Gasteiger charge is 2.21. The van der Waals surface area contributed by atoms with Crippen LogP contribution >= 0.6 is 0 Å². The van der Waals surface area contributed by atoms with Crippen molar-refractivity contribution >= 4 is 5.97 Å². The van der Waals surface area contributed by atoms with Crippen LogP contribution in [0.2, 0.25) is 0 Å². The molecule has 1 aromatic heterocycles. The Morgan fingerprint density at radius 1 is 1.17 bits per heavy atom. The van der Waals surface area contributed by atoms with E-state index in [9.17, 15) is 10.1 Å². The Labute approximate surface area is 171 Å². The molecule has 3 rings (SSSR count). The summed E-state index contributed by atoms with van der Waals surface area (Å²) in [5, 5.41) is 16.9. The van der Waals surface area contributed by atoms with Gasteiger partial charge < -0.3 is 4.74 Å². The first-order valence-corrected chi connectivity index (χ1v) is 9.99. The van der Waals surface area contributed by atoms with E-state index in [0.717, 1.165) is 47.2 Å². The van der Waals surface area contributed by atoms with Gasteiger partial charge in [-0.2, -0.15) is 10.4 Å². The minimum Gasteiger partial charge on any atom is -0.461 e. The molecule has 5 nitrogen and oxygen atoms in total. The number of hydrogen-bond donors (Lipinski definition) is 1. The minimum atomic E-state index is -0.414. The van der Waals surface area contributed by atoms with Gasteiger partial charge in [0.25, 0.3) is 0 Å². The molecule has 0 spiro atoms. The van der Waals surface area contributed by atoms with Crippen LogP contribution in [0.1, 0.15) is 59.6 Å². The second-order valence-electron chi connectivity index (χ2n) is 6.89. The van der Waals surface area contributed by atoms with Crippen molar-refractivity contribution in [3.63, 3.8) is 0 Å². The second kappa shape index (κ2) is 9.70. The number of benzene rings is 2. The lowest BCUT2D eigenvalue weighted by molar-refractivity contribution is 0.0518. The van der Waals surface area contributed by atoms with Crippen molar-refractivity contribution in [2.24, 2.45) is 0 Å². The Morgan fingerprint density at radius 3 is 2.66 bits per heavy atom. The van der Waals surface area contributed by atoms with E-state index in [1.165, 1.54) is 0 Å². The number of nitrogens with zero attached hydrogens (tertiary/aromatic N) is 2. The number of aryl methyl sites for hydroxylation is 1. The van der Waals surface area contributed by atoms with Gasteiger partial charge in [-0.25, -0.2) is 4.79 Å². The molecule has 0 bridgehead atoms. The number of aromatic amines is 1. The predicted octanol–water partition coefficient (Wildman–Crippen LogP) is 5.06. The summed E-state index contributed by atoms with van der Waals surface area (Å²) >= 11 is 0. The molecular weight excluding hydrogens is 362 g/mol. The lowest BCUT2D eigenvalue weighted by atomic mass is 9.94. The predicted molar refractivity (Wildman–Crippen MR) is 113 cm³/mol. The molecule has 3 aromatic rings. The maximum Gasteiger partial charge on any atom is 0.359 e. The molecule has 0 aliphatic heterocycles. The van der Waals surface area contributed by atoms with Gasteiger partial charge >= 0.3 is 5.97 Å². The Kier molecular flexibility index (Phi) is 6.80. The summed E-state index contributed by atoms with van der Waals surface area (Å²) in [5.41, 5.74) is 5.64. The van der Waals surface area contributed by atoms with E-state index in [1.807, 2.05) is 48.5 Å². The Bertz CT molecular complexity index is 1020. The van der Waals surface area contributed by atoms with E-state index in [2.05, 4.69) is 23.2 Å². The third-order valence-corrected chi connectivity index (χ3v) is 4.87. The molecule has 0 saturated heterocycles. The molecule has 1 N–H and O–H groups in total. The zero-order valence-corrected chi connectivity index (χ0v) is 16.9. The summed E-state index contributed by atoms with van der Waals surface area (Å²) in [6, 6.07) is 18.0. The zero-order valence-electron chi connectivity index (χ0n) is 16.9. The molecule has 0 atom stereocenters. The van der Waals surface area contributed by atoms with Gasteiger partial charge in [-0.1, -0.05) is 55.8 Å². The molecule has 0 fully saturated rings. The number of hydrogen-bond acceptors (Lipinski definition) is 4. The molecule has 0 unspecified atom stereocenters. The van der Waals surface area contributed by atoms with E-state index in [4.69, 9.17) is 4.74 Å². The fraction of sp³-hybridized carbons (Fsp3) is 0.292. The number of esters is 1. The van der Waals surface area contributed by atoms with Crippen LogP contribution in [0.4, 0.5) is 0 Å². The van der Waals surface area contributed by atoms with Gasteiger partial charge in [-0.05, 0) is 42.5 Å². The topological polar surface area (TPSA) is 78.8 Å². The number of unbranched alkanes of at least 4 members (excludes halogenated alkanes) is 1. The zero-order chi connectivity index (χ0) is 20.6. The van der Waals surface area contributed by atoms with Crippen LogP contribution in [0, 0.1) is 11.3 Å². The normalized spacial score (nSPS) is 10.5. The molecule has 5 heteroatoms. The van der Waals surface area contributed by atoms with Crippen LogP contribution in [0.15, 0.2) is 48.5 Å². The van der Waals surface area contributed by atoms with Crippen molar-refractivity contribution in [1.82, 2.24) is 10.2 Å². The summed E-state index contributed by atoms with van der Waals surface area (Å²) in [6.07, 6.45) is 3.41. The van der Waals surface area contributed by atoms with Crippen LogP contribution in [-0.2, 0) is 17.6 Å². The number of H-pyrrole nitrogens is 1. The number of carbonyl (C=O) groups is 1. The smallest absolute Gasteiger partial charge is 0.359 e. The molecule has 0 aliphatic carbocycles. The van der Waals surface area contributed by atoms with Crippen molar-refractivity contribution < 1.29 is 9.53 Å². The molecule has 0 amide bonds. The summed E-state index contributed by atoms with van der Waals surface area (Å²) in [7, 11) is 0. The molecular formula is C24H25N3O2. The fourth-order valence-electron chi connectivity index (χ4n) is 3.39. The van der Waals surface area contributed by atoms with E-state index in [-0.39, 0.29) is 0 Å². The Balaban J connectivity index is 1.95. The van der Waals surface area contributed by atoms with Gasteiger partial charge in [0.05, 0.1) is 18.2 Å².